The Morgan fingerprint density at radius 1 is 1.03 bits per heavy atom. The molecule has 1 N–H and O–H groups in total. The number of amides is 1. The molecule has 0 spiro atoms. The van der Waals surface area contributed by atoms with Crippen LogP contribution in [0.3, 0.4) is 0 Å². The lowest BCUT2D eigenvalue weighted by Crippen LogP contribution is -2.34. The number of methoxy groups -OCH3 is 2. The van der Waals surface area contributed by atoms with E-state index in [2.05, 4.69) is 22.3 Å². The molecule has 0 bridgehead atoms. The largest absolute Gasteiger partial charge is 0.493 e. The molecule has 1 atom stereocenters. The number of carbonyl (C=O) groups is 1. The van der Waals surface area contributed by atoms with Crippen molar-refractivity contribution in [1.29, 1.82) is 0 Å². The van der Waals surface area contributed by atoms with Crippen LogP contribution in [0.5, 0.6) is 11.5 Å². The highest BCUT2D eigenvalue weighted by Gasteiger charge is 2.12. The number of hydrogen-bond acceptors (Lipinski definition) is 5. The van der Waals surface area contributed by atoms with Crippen LogP contribution >= 0.6 is 0 Å². The first-order valence-electron chi connectivity index (χ1n) is 11.2. The van der Waals surface area contributed by atoms with E-state index in [1.54, 1.807) is 14.2 Å². The minimum absolute atomic E-state index is 0.0894. The molecule has 0 aliphatic carbocycles. The highest BCUT2D eigenvalue weighted by molar-refractivity contribution is 5.78. The van der Waals surface area contributed by atoms with E-state index in [0.29, 0.717) is 13.2 Å². The molecule has 0 aromatic heterocycles. The summed E-state index contributed by atoms with van der Waals surface area (Å²) in [5, 5.41) is 3.01. The first-order chi connectivity index (χ1) is 14.5. The van der Waals surface area contributed by atoms with Crippen molar-refractivity contribution in [2.45, 2.75) is 51.9 Å². The predicted molar refractivity (Wildman–Crippen MR) is 122 cm³/mol. The van der Waals surface area contributed by atoms with Crippen molar-refractivity contribution in [3.8, 4) is 11.5 Å². The molecule has 1 aromatic carbocycles. The van der Waals surface area contributed by atoms with Gasteiger partial charge in [-0.1, -0.05) is 32.3 Å². The molecular weight excluding hydrogens is 380 g/mol. The standard InChI is InChI=1S/C24H42N2O4/c1-20(24(27)25-15-16-26(2)3)11-8-6-7-9-12-21-13-14-22(29-5)23(19-21)30-18-10-17-28-4/h13-14,19-20H,6-12,15-18H2,1-5H3,(H,25,27)/t20-/m1/s1. The maximum atomic E-state index is 12.1. The lowest BCUT2D eigenvalue weighted by atomic mass is 10.00. The van der Waals surface area contributed by atoms with Gasteiger partial charge in [0.25, 0.3) is 0 Å². The van der Waals surface area contributed by atoms with E-state index >= 15 is 0 Å². The normalized spacial score (nSPS) is 12.1. The van der Waals surface area contributed by atoms with E-state index in [1.165, 1.54) is 12.0 Å². The molecular formula is C24H42N2O4. The van der Waals surface area contributed by atoms with Gasteiger partial charge in [-0.05, 0) is 51.1 Å². The molecule has 0 saturated carbocycles. The van der Waals surface area contributed by atoms with Crippen LogP contribution in [0.1, 0.15) is 51.0 Å². The molecule has 0 fully saturated rings. The topological polar surface area (TPSA) is 60.0 Å². The minimum Gasteiger partial charge on any atom is -0.493 e. The van der Waals surface area contributed by atoms with Crippen molar-refractivity contribution in [1.82, 2.24) is 10.2 Å². The molecule has 0 radical (unpaired) electrons. The smallest absolute Gasteiger partial charge is 0.222 e. The number of ether oxygens (including phenoxy) is 3. The van der Waals surface area contributed by atoms with E-state index in [4.69, 9.17) is 14.2 Å². The molecule has 0 heterocycles. The van der Waals surface area contributed by atoms with Gasteiger partial charge in [0.2, 0.25) is 5.91 Å². The van der Waals surface area contributed by atoms with Crippen LogP contribution in [0, 0.1) is 5.92 Å². The van der Waals surface area contributed by atoms with Gasteiger partial charge < -0.3 is 24.4 Å². The number of nitrogens with zero attached hydrogens (tertiary/aromatic N) is 1. The second-order valence-electron chi connectivity index (χ2n) is 8.13. The summed E-state index contributed by atoms with van der Waals surface area (Å²) in [6.45, 7) is 4.93. The maximum absolute atomic E-state index is 12.1. The van der Waals surface area contributed by atoms with Gasteiger partial charge in [-0.2, -0.15) is 0 Å². The Kier molecular flexibility index (Phi) is 14.0. The number of rotatable bonds is 17. The summed E-state index contributed by atoms with van der Waals surface area (Å²) < 4.78 is 16.3. The molecule has 1 amide bonds. The summed E-state index contributed by atoms with van der Waals surface area (Å²) in [6, 6.07) is 6.18. The van der Waals surface area contributed by atoms with Crippen molar-refractivity contribution >= 4 is 5.91 Å². The SMILES string of the molecule is COCCCOc1cc(CCCCCC[C@@H](C)C(=O)NCCN(C)C)ccc1OC. The van der Waals surface area contributed by atoms with Crippen molar-refractivity contribution in [2.24, 2.45) is 5.92 Å². The molecule has 6 heteroatoms. The quantitative estimate of drug-likeness (QED) is 0.386. The Bertz CT molecular complexity index is 593. The van der Waals surface area contributed by atoms with Gasteiger partial charge in [-0.25, -0.2) is 0 Å². The lowest BCUT2D eigenvalue weighted by molar-refractivity contribution is -0.124. The fourth-order valence-electron chi connectivity index (χ4n) is 3.22. The molecule has 1 aromatic rings. The second-order valence-corrected chi connectivity index (χ2v) is 8.13. The van der Waals surface area contributed by atoms with Gasteiger partial charge in [0.1, 0.15) is 0 Å². The zero-order chi connectivity index (χ0) is 22.2. The van der Waals surface area contributed by atoms with Gasteiger partial charge in [0.05, 0.1) is 13.7 Å². The number of carbonyl (C=O) groups excluding carboxylic acids is 1. The Morgan fingerprint density at radius 2 is 1.80 bits per heavy atom. The second kappa shape index (κ2) is 16.0. The number of benzene rings is 1. The minimum atomic E-state index is 0.0894. The zero-order valence-electron chi connectivity index (χ0n) is 19.7. The van der Waals surface area contributed by atoms with Crippen LogP contribution in [0.15, 0.2) is 18.2 Å². The first-order valence-corrected chi connectivity index (χ1v) is 11.2. The predicted octanol–water partition coefficient (Wildman–Crippen LogP) is 3.92. The molecule has 30 heavy (non-hydrogen) atoms. The maximum Gasteiger partial charge on any atom is 0.222 e. The molecule has 1 rings (SSSR count). The van der Waals surface area contributed by atoms with Gasteiger partial charge in [-0.3, -0.25) is 4.79 Å². The van der Waals surface area contributed by atoms with Gasteiger partial charge >= 0.3 is 0 Å². The van der Waals surface area contributed by atoms with Crippen LogP contribution in [0.2, 0.25) is 0 Å². The number of aryl methyl sites for hydroxylation is 1. The monoisotopic (exact) mass is 422 g/mol. The summed E-state index contributed by atoms with van der Waals surface area (Å²) in [6.07, 6.45) is 7.40. The summed E-state index contributed by atoms with van der Waals surface area (Å²) in [5.74, 6) is 1.84. The highest BCUT2D eigenvalue weighted by atomic mass is 16.5. The lowest BCUT2D eigenvalue weighted by Gasteiger charge is -2.14. The third kappa shape index (κ3) is 11.4. The van der Waals surface area contributed by atoms with Crippen LogP contribution in [-0.4, -0.2) is 65.4 Å². The van der Waals surface area contributed by atoms with E-state index in [-0.39, 0.29) is 11.8 Å². The fraction of sp³-hybridized carbons (Fsp3) is 0.708. The Labute approximate surface area is 183 Å². The summed E-state index contributed by atoms with van der Waals surface area (Å²) in [7, 11) is 7.39. The first kappa shape index (κ1) is 26.2. The number of likely N-dealkylation sites (N-methyl/N-ethyl adjacent to an activating group) is 1. The summed E-state index contributed by atoms with van der Waals surface area (Å²) >= 11 is 0. The molecule has 0 aliphatic heterocycles. The third-order valence-electron chi connectivity index (χ3n) is 5.14. The van der Waals surface area contributed by atoms with E-state index in [0.717, 1.165) is 63.1 Å². The number of unbranched alkanes of at least 4 members (excludes halogenated alkanes) is 3. The number of hydrogen-bond donors (Lipinski definition) is 1. The third-order valence-corrected chi connectivity index (χ3v) is 5.14. The van der Waals surface area contributed by atoms with E-state index < -0.39 is 0 Å². The molecule has 172 valence electrons. The molecule has 0 saturated heterocycles. The zero-order valence-corrected chi connectivity index (χ0v) is 19.7. The molecule has 0 aliphatic rings. The van der Waals surface area contributed by atoms with Crippen molar-refractivity contribution in [2.75, 3.05) is 54.6 Å². The highest BCUT2D eigenvalue weighted by Crippen LogP contribution is 2.29. The van der Waals surface area contributed by atoms with Crippen LogP contribution in [0.4, 0.5) is 0 Å². The molecule has 0 unspecified atom stereocenters. The van der Waals surface area contributed by atoms with E-state index in [9.17, 15) is 4.79 Å². The van der Waals surface area contributed by atoms with Crippen LogP contribution in [-0.2, 0) is 16.0 Å². The Morgan fingerprint density at radius 3 is 2.50 bits per heavy atom. The van der Waals surface area contributed by atoms with Gasteiger partial charge in [0.15, 0.2) is 11.5 Å². The summed E-state index contributed by atoms with van der Waals surface area (Å²) in [5.41, 5.74) is 1.27. The number of nitrogens with one attached hydrogen (secondary N) is 1. The Balaban J connectivity index is 2.24. The van der Waals surface area contributed by atoms with Crippen molar-refractivity contribution in [3.05, 3.63) is 23.8 Å². The van der Waals surface area contributed by atoms with Crippen molar-refractivity contribution in [3.63, 3.8) is 0 Å². The average molecular weight is 423 g/mol. The fourth-order valence-corrected chi connectivity index (χ4v) is 3.22. The average Bonchev–Trinajstić information content (AvgIpc) is 2.73. The van der Waals surface area contributed by atoms with Crippen LogP contribution < -0.4 is 14.8 Å². The summed E-state index contributed by atoms with van der Waals surface area (Å²) in [4.78, 5) is 14.1. The van der Waals surface area contributed by atoms with Crippen LogP contribution in [0.25, 0.3) is 0 Å². The van der Waals surface area contributed by atoms with Crippen molar-refractivity contribution < 1.29 is 19.0 Å². The van der Waals surface area contributed by atoms with Gasteiger partial charge in [-0.15, -0.1) is 0 Å². The molecule has 6 nitrogen and oxygen atoms in total. The Hall–Kier alpha value is -1.79. The van der Waals surface area contributed by atoms with E-state index in [1.807, 2.05) is 27.1 Å². The van der Waals surface area contributed by atoms with Gasteiger partial charge in [0, 0.05) is 39.1 Å².